The van der Waals surface area contributed by atoms with Gasteiger partial charge in [0, 0.05) is 6.07 Å². The molecule has 0 fully saturated rings. The van der Waals surface area contributed by atoms with Crippen molar-refractivity contribution in [3.8, 4) is 11.7 Å². The lowest BCUT2D eigenvalue weighted by molar-refractivity contribution is -0.383. The number of oxazole rings is 1. The zero-order chi connectivity index (χ0) is 11.8. The van der Waals surface area contributed by atoms with Crippen molar-refractivity contribution < 1.29 is 9.34 Å². The van der Waals surface area contributed by atoms with E-state index in [1.807, 2.05) is 0 Å². The molecule has 84 valence electrons. The number of nitro benzene ring substituents is 1. The number of rotatable bonds is 2. The van der Waals surface area contributed by atoms with Crippen LogP contribution in [0.2, 0.25) is 0 Å². The molecule has 9 heteroatoms. The molecule has 0 aliphatic rings. The van der Waals surface area contributed by atoms with Crippen LogP contribution < -0.4 is 0 Å². The largest absolute Gasteiger partial charge is 0.426 e. The normalized spacial score (nSPS) is 10.8. The fourth-order valence-electron chi connectivity index (χ4n) is 1.43. The summed E-state index contributed by atoms with van der Waals surface area (Å²) in [6.07, 6.45) is 0. The number of aromatic nitrogens is 5. The Morgan fingerprint density at radius 1 is 1.41 bits per heavy atom. The first-order chi connectivity index (χ1) is 8.25. The van der Waals surface area contributed by atoms with Crippen LogP contribution in [0.3, 0.4) is 0 Å². The predicted molar refractivity (Wildman–Crippen MR) is 53.8 cm³/mol. The minimum absolute atomic E-state index is 0.0862. The number of para-hydroxylation sites is 1. The quantitative estimate of drug-likeness (QED) is 0.514. The number of fused-ring (bicyclic) bond motifs is 1. The van der Waals surface area contributed by atoms with E-state index in [9.17, 15) is 10.1 Å². The zero-order valence-corrected chi connectivity index (χ0v) is 8.19. The van der Waals surface area contributed by atoms with E-state index in [0.29, 0.717) is 5.52 Å². The van der Waals surface area contributed by atoms with Gasteiger partial charge in [-0.15, -0.1) is 10.2 Å². The van der Waals surface area contributed by atoms with Gasteiger partial charge in [0.05, 0.1) is 4.92 Å². The molecule has 0 radical (unpaired) electrons. The molecule has 9 nitrogen and oxygen atoms in total. The standard InChI is InChI=1S/C8H4N6O3/c15-14(16)5-3-1-2-4-6(5)17-8(9-4)7-10-12-13-11-7/h1-3H,(H,10,11,12,13). The molecule has 3 rings (SSSR count). The van der Waals surface area contributed by atoms with Crippen molar-refractivity contribution in [1.29, 1.82) is 0 Å². The molecule has 0 saturated carbocycles. The molecule has 0 aliphatic heterocycles. The van der Waals surface area contributed by atoms with Gasteiger partial charge in [-0.1, -0.05) is 6.07 Å². The first-order valence-electron chi connectivity index (χ1n) is 4.53. The summed E-state index contributed by atoms with van der Waals surface area (Å²) in [4.78, 5) is 14.3. The molecule has 0 atom stereocenters. The topological polar surface area (TPSA) is 124 Å². The minimum atomic E-state index is -0.534. The number of aromatic amines is 1. The number of hydrogen-bond acceptors (Lipinski definition) is 7. The average molecular weight is 232 g/mol. The Hall–Kier alpha value is -2.84. The van der Waals surface area contributed by atoms with Crippen molar-refractivity contribution >= 4 is 16.8 Å². The minimum Gasteiger partial charge on any atom is -0.426 e. The highest BCUT2D eigenvalue weighted by molar-refractivity contribution is 5.83. The van der Waals surface area contributed by atoms with Crippen LogP contribution in [0.1, 0.15) is 0 Å². The Balaban J connectivity index is 2.26. The molecule has 1 aromatic carbocycles. The highest BCUT2D eigenvalue weighted by Gasteiger charge is 2.19. The van der Waals surface area contributed by atoms with E-state index >= 15 is 0 Å². The Labute approximate surface area is 92.6 Å². The molecule has 0 bridgehead atoms. The lowest BCUT2D eigenvalue weighted by Gasteiger charge is -1.89. The predicted octanol–water partition coefficient (Wildman–Crippen LogP) is 0.916. The van der Waals surface area contributed by atoms with E-state index in [4.69, 9.17) is 4.42 Å². The first-order valence-corrected chi connectivity index (χ1v) is 4.53. The summed E-state index contributed by atoms with van der Waals surface area (Å²) < 4.78 is 5.27. The maximum Gasteiger partial charge on any atom is 0.313 e. The number of nitro groups is 1. The highest BCUT2D eigenvalue weighted by atomic mass is 16.6. The van der Waals surface area contributed by atoms with Crippen LogP contribution in [0.25, 0.3) is 22.8 Å². The van der Waals surface area contributed by atoms with Crippen LogP contribution >= 0.6 is 0 Å². The van der Waals surface area contributed by atoms with E-state index < -0.39 is 4.92 Å². The Kier molecular flexibility index (Phi) is 1.84. The number of hydrogen-bond donors (Lipinski definition) is 1. The van der Waals surface area contributed by atoms with Crippen molar-refractivity contribution in [3.05, 3.63) is 28.3 Å². The second kappa shape index (κ2) is 3.33. The monoisotopic (exact) mass is 232 g/mol. The molecule has 1 N–H and O–H groups in total. The third-order valence-electron chi connectivity index (χ3n) is 2.13. The number of nitrogens with one attached hydrogen (secondary N) is 1. The first kappa shape index (κ1) is 9.39. The van der Waals surface area contributed by atoms with Crippen LogP contribution in [0.4, 0.5) is 5.69 Å². The summed E-state index contributed by atoms with van der Waals surface area (Å²) in [7, 11) is 0. The molecular weight excluding hydrogens is 228 g/mol. The van der Waals surface area contributed by atoms with E-state index in [-0.39, 0.29) is 23.0 Å². The van der Waals surface area contributed by atoms with Crippen molar-refractivity contribution in [2.75, 3.05) is 0 Å². The fourth-order valence-corrected chi connectivity index (χ4v) is 1.43. The van der Waals surface area contributed by atoms with Crippen LogP contribution in [-0.4, -0.2) is 30.5 Å². The molecule has 0 spiro atoms. The summed E-state index contributed by atoms with van der Waals surface area (Å²) in [6, 6.07) is 4.48. The van der Waals surface area contributed by atoms with Crippen molar-refractivity contribution in [2.45, 2.75) is 0 Å². The van der Waals surface area contributed by atoms with Gasteiger partial charge in [-0.25, -0.2) is 4.98 Å². The lowest BCUT2D eigenvalue weighted by atomic mass is 10.3. The van der Waals surface area contributed by atoms with Crippen LogP contribution in [0.15, 0.2) is 22.6 Å². The van der Waals surface area contributed by atoms with Gasteiger partial charge in [-0.3, -0.25) is 10.1 Å². The third kappa shape index (κ3) is 1.40. The van der Waals surface area contributed by atoms with Crippen molar-refractivity contribution in [2.24, 2.45) is 0 Å². The number of tetrazole rings is 1. The molecule has 2 heterocycles. The Bertz CT molecular complexity index is 688. The summed E-state index contributed by atoms with van der Waals surface area (Å²) in [5, 5.41) is 23.7. The van der Waals surface area contributed by atoms with Gasteiger partial charge in [0.25, 0.3) is 11.7 Å². The number of H-pyrrole nitrogens is 1. The molecular formula is C8H4N6O3. The second-order valence-electron chi connectivity index (χ2n) is 3.14. The molecule has 17 heavy (non-hydrogen) atoms. The average Bonchev–Trinajstić information content (AvgIpc) is 2.96. The number of non-ortho nitro benzene ring substituents is 1. The second-order valence-corrected chi connectivity index (χ2v) is 3.14. The van der Waals surface area contributed by atoms with Gasteiger partial charge in [0.1, 0.15) is 5.52 Å². The lowest BCUT2D eigenvalue weighted by Crippen LogP contribution is -1.87. The number of benzene rings is 1. The van der Waals surface area contributed by atoms with Crippen LogP contribution in [0, 0.1) is 10.1 Å². The van der Waals surface area contributed by atoms with Crippen LogP contribution in [0.5, 0.6) is 0 Å². The van der Waals surface area contributed by atoms with Gasteiger partial charge in [-0.2, -0.15) is 5.21 Å². The molecule has 0 aliphatic carbocycles. The maximum absolute atomic E-state index is 10.8. The van der Waals surface area contributed by atoms with Gasteiger partial charge >= 0.3 is 5.69 Å². The van der Waals surface area contributed by atoms with Crippen molar-refractivity contribution in [1.82, 2.24) is 25.6 Å². The molecule has 0 unspecified atom stereocenters. The Morgan fingerprint density at radius 3 is 3.00 bits per heavy atom. The third-order valence-corrected chi connectivity index (χ3v) is 2.13. The zero-order valence-electron chi connectivity index (χ0n) is 8.19. The summed E-state index contributed by atoms with van der Waals surface area (Å²) >= 11 is 0. The van der Waals surface area contributed by atoms with Gasteiger partial charge in [-0.05, 0) is 11.3 Å². The maximum atomic E-state index is 10.8. The summed E-state index contributed by atoms with van der Waals surface area (Å²) in [5.74, 6) is 0.235. The van der Waals surface area contributed by atoms with E-state index in [0.717, 1.165) is 0 Å². The fraction of sp³-hybridized carbons (Fsp3) is 0. The summed E-state index contributed by atoms with van der Waals surface area (Å²) in [5.41, 5.74) is 0.320. The molecule has 0 amide bonds. The van der Waals surface area contributed by atoms with Gasteiger partial charge < -0.3 is 4.42 Å². The van der Waals surface area contributed by atoms with E-state index in [1.54, 1.807) is 6.07 Å². The van der Waals surface area contributed by atoms with Gasteiger partial charge in [0.2, 0.25) is 5.58 Å². The molecule has 3 aromatic rings. The summed E-state index contributed by atoms with van der Waals surface area (Å²) in [6.45, 7) is 0. The highest BCUT2D eigenvalue weighted by Crippen LogP contribution is 2.28. The SMILES string of the molecule is O=[N+]([O-])c1cccc2nc(-c3nn[nH]n3)oc12. The van der Waals surface area contributed by atoms with Crippen molar-refractivity contribution in [3.63, 3.8) is 0 Å². The van der Waals surface area contributed by atoms with E-state index in [1.165, 1.54) is 12.1 Å². The van der Waals surface area contributed by atoms with E-state index in [2.05, 4.69) is 25.6 Å². The Morgan fingerprint density at radius 2 is 2.29 bits per heavy atom. The van der Waals surface area contributed by atoms with Crippen LogP contribution in [-0.2, 0) is 0 Å². The molecule has 0 saturated heterocycles. The van der Waals surface area contributed by atoms with Gasteiger partial charge in [0.15, 0.2) is 0 Å². The smallest absolute Gasteiger partial charge is 0.313 e. The number of nitrogens with zero attached hydrogens (tertiary/aromatic N) is 5. The molecule has 2 aromatic heterocycles.